The highest BCUT2D eigenvalue weighted by Crippen LogP contribution is 2.12. The van der Waals surface area contributed by atoms with Gasteiger partial charge in [0, 0.05) is 44.4 Å². The molecule has 1 fully saturated rings. The fourth-order valence-electron chi connectivity index (χ4n) is 2.31. The van der Waals surface area contributed by atoms with E-state index in [-0.39, 0.29) is 11.9 Å². The SMILES string of the molecule is CSCCN(C)C(CN)CC(=O)N1CCCCC1. The number of hydrogen-bond acceptors (Lipinski definition) is 4. The maximum Gasteiger partial charge on any atom is 0.224 e. The number of carbonyl (C=O) groups excluding carboxylic acids is 1. The minimum atomic E-state index is 0.187. The van der Waals surface area contributed by atoms with Gasteiger partial charge >= 0.3 is 0 Å². The molecule has 18 heavy (non-hydrogen) atoms. The predicted molar refractivity (Wildman–Crippen MR) is 78.9 cm³/mol. The maximum absolute atomic E-state index is 12.2. The Morgan fingerprint density at radius 3 is 2.61 bits per heavy atom. The van der Waals surface area contributed by atoms with Crippen molar-refractivity contribution in [2.24, 2.45) is 5.73 Å². The van der Waals surface area contributed by atoms with Crippen molar-refractivity contribution in [1.82, 2.24) is 9.80 Å². The van der Waals surface area contributed by atoms with Gasteiger partial charge in [-0.3, -0.25) is 4.79 Å². The van der Waals surface area contributed by atoms with Crippen molar-refractivity contribution in [3.8, 4) is 0 Å². The molecule has 1 aliphatic heterocycles. The van der Waals surface area contributed by atoms with Crippen LogP contribution in [0.5, 0.6) is 0 Å². The monoisotopic (exact) mass is 273 g/mol. The molecule has 0 aromatic carbocycles. The van der Waals surface area contributed by atoms with E-state index in [2.05, 4.69) is 18.2 Å². The first kappa shape index (κ1) is 15.8. The average molecular weight is 273 g/mol. The summed E-state index contributed by atoms with van der Waals surface area (Å²) in [6.45, 7) is 3.43. The molecule has 0 bridgehead atoms. The molecular weight excluding hydrogens is 246 g/mol. The van der Waals surface area contributed by atoms with Crippen LogP contribution < -0.4 is 5.73 Å². The quantitative estimate of drug-likeness (QED) is 0.752. The Labute approximate surface area is 115 Å². The van der Waals surface area contributed by atoms with Gasteiger partial charge in [0.15, 0.2) is 0 Å². The molecule has 0 spiro atoms. The molecule has 2 N–H and O–H groups in total. The van der Waals surface area contributed by atoms with Crippen molar-refractivity contribution < 1.29 is 4.79 Å². The Bertz CT molecular complexity index is 244. The summed E-state index contributed by atoms with van der Waals surface area (Å²) < 4.78 is 0. The smallest absolute Gasteiger partial charge is 0.224 e. The molecule has 1 unspecified atom stereocenters. The van der Waals surface area contributed by atoms with E-state index in [9.17, 15) is 4.79 Å². The van der Waals surface area contributed by atoms with Crippen LogP contribution in [0.15, 0.2) is 0 Å². The van der Waals surface area contributed by atoms with Crippen molar-refractivity contribution >= 4 is 17.7 Å². The Morgan fingerprint density at radius 1 is 1.39 bits per heavy atom. The van der Waals surface area contributed by atoms with E-state index < -0.39 is 0 Å². The van der Waals surface area contributed by atoms with Crippen molar-refractivity contribution in [3.05, 3.63) is 0 Å². The van der Waals surface area contributed by atoms with Crippen LogP contribution in [0.1, 0.15) is 25.7 Å². The molecule has 1 amide bonds. The summed E-state index contributed by atoms with van der Waals surface area (Å²) in [5.74, 6) is 1.37. The average Bonchev–Trinajstić information content (AvgIpc) is 2.42. The van der Waals surface area contributed by atoms with Crippen LogP contribution in [0, 0.1) is 0 Å². The number of amides is 1. The van der Waals surface area contributed by atoms with E-state index in [1.807, 2.05) is 16.7 Å². The van der Waals surface area contributed by atoms with Crippen LogP contribution in [-0.4, -0.2) is 67.0 Å². The fourth-order valence-corrected chi connectivity index (χ4v) is 2.78. The van der Waals surface area contributed by atoms with Gasteiger partial charge in [-0.05, 0) is 32.6 Å². The van der Waals surface area contributed by atoms with Gasteiger partial charge in [0.05, 0.1) is 0 Å². The van der Waals surface area contributed by atoms with Crippen LogP contribution in [0.3, 0.4) is 0 Å². The lowest BCUT2D eigenvalue weighted by molar-refractivity contribution is -0.133. The van der Waals surface area contributed by atoms with Gasteiger partial charge in [0.2, 0.25) is 5.91 Å². The van der Waals surface area contributed by atoms with E-state index >= 15 is 0 Å². The third-order valence-electron chi connectivity index (χ3n) is 3.66. The number of rotatable bonds is 7. The molecule has 1 rings (SSSR count). The van der Waals surface area contributed by atoms with Gasteiger partial charge in [0.1, 0.15) is 0 Å². The minimum absolute atomic E-state index is 0.187. The molecule has 1 heterocycles. The molecule has 0 aromatic heterocycles. The van der Waals surface area contributed by atoms with Gasteiger partial charge in [-0.2, -0.15) is 11.8 Å². The number of hydrogen-bond donors (Lipinski definition) is 1. The summed E-state index contributed by atoms with van der Waals surface area (Å²) in [7, 11) is 2.07. The van der Waals surface area contributed by atoms with Crippen molar-refractivity contribution in [2.75, 3.05) is 45.2 Å². The van der Waals surface area contributed by atoms with Crippen molar-refractivity contribution in [3.63, 3.8) is 0 Å². The number of likely N-dealkylation sites (N-methyl/N-ethyl adjacent to an activating group) is 1. The Morgan fingerprint density at radius 2 is 2.06 bits per heavy atom. The van der Waals surface area contributed by atoms with Crippen molar-refractivity contribution in [2.45, 2.75) is 31.7 Å². The predicted octanol–water partition coefficient (Wildman–Crippen LogP) is 1.01. The molecular formula is C13H27N3OS. The number of piperidine rings is 1. The molecule has 0 aliphatic carbocycles. The Hall–Kier alpha value is -0.260. The number of nitrogens with zero attached hydrogens (tertiary/aromatic N) is 2. The summed E-state index contributed by atoms with van der Waals surface area (Å²) in [5.41, 5.74) is 5.80. The summed E-state index contributed by atoms with van der Waals surface area (Å²) in [5, 5.41) is 0. The van der Waals surface area contributed by atoms with Crippen LogP contribution in [0.2, 0.25) is 0 Å². The molecule has 4 nitrogen and oxygen atoms in total. The number of carbonyl (C=O) groups is 1. The standard InChI is InChI=1S/C13H27N3OS/c1-15(8-9-18-2)12(11-14)10-13(17)16-6-4-3-5-7-16/h12H,3-11,14H2,1-2H3. The Balaban J connectivity index is 2.38. The number of likely N-dealkylation sites (tertiary alicyclic amines) is 1. The van der Waals surface area contributed by atoms with Gasteiger partial charge in [-0.25, -0.2) is 0 Å². The van der Waals surface area contributed by atoms with Gasteiger partial charge in [-0.15, -0.1) is 0 Å². The van der Waals surface area contributed by atoms with Gasteiger partial charge < -0.3 is 15.5 Å². The first-order valence-electron chi connectivity index (χ1n) is 6.86. The molecule has 1 aliphatic rings. The van der Waals surface area contributed by atoms with E-state index in [1.165, 1.54) is 6.42 Å². The second-order valence-corrected chi connectivity index (χ2v) is 5.99. The second-order valence-electron chi connectivity index (χ2n) is 5.01. The lowest BCUT2D eigenvalue weighted by atomic mass is 10.1. The molecule has 5 heteroatoms. The summed E-state index contributed by atoms with van der Waals surface area (Å²) >= 11 is 1.83. The van der Waals surface area contributed by atoms with Gasteiger partial charge in [-0.1, -0.05) is 0 Å². The van der Waals surface area contributed by atoms with E-state index in [4.69, 9.17) is 5.73 Å². The normalized spacial score (nSPS) is 18.1. The van der Waals surface area contributed by atoms with E-state index in [0.717, 1.165) is 38.2 Å². The zero-order valence-electron chi connectivity index (χ0n) is 11.7. The topological polar surface area (TPSA) is 49.6 Å². The molecule has 1 saturated heterocycles. The fraction of sp³-hybridized carbons (Fsp3) is 0.923. The zero-order chi connectivity index (χ0) is 13.4. The van der Waals surface area contributed by atoms with Crippen LogP contribution in [0.25, 0.3) is 0 Å². The minimum Gasteiger partial charge on any atom is -0.343 e. The van der Waals surface area contributed by atoms with Crippen molar-refractivity contribution in [1.29, 1.82) is 0 Å². The number of thioether (sulfide) groups is 1. The maximum atomic E-state index is 12.2. The second kappa shape index (κ2) is 8.77. The van der Waals surface area contributed by atoms with Crippen LogP contribution in [-0.2, 0) is 4.79 Å². The zero-order valence-corrected chi connectivity index (χ0v) is 12.5. The molecule has 1 atom stereocenters. The lowest BCUT2D eigenvalue weighted by Gasteiger charge is -2.31. The molecule has 0 aromatic rings. The van der Waals surface area contributed by atoms with Crippen LogP contribution in [0.4, 0.5) is 0 Å². The lowest BCUT2D eigenvalue weighted by Crippen LogP contribution is -2.45. The highest BCUT2D eigenvalue weighted by Gasteiger charge is 2.22. The summed E-state index contributed by atoms with van der Waals surface area (Å²) in [4.78, 5) is 16.4. The highest BCUT2D eigenvalue weighted by molar-refractivity contribution is 7.98. The van der Waals surface area contributed by atoms with E-state index in [1.54, 1.807) is 0 Å². The molecule has 106 valence electrons. The van der Waals surface area contributed by atoms with Gasteiger partial charge in [0.25, 0.3) is 0 Å². The first-order valence-corrected chi connectivity index (χ1v) is 8.25. The molecule has 0 saturated carbocycles. The first-order chi connectivity index (χ1) is 8.69. The van der Waals surface area contributed by atoms with Crippen LogP contribution >= 0.6 is 11.8 Å². The highest BCUT2D eigenvalue weighted by atomic mass is 32.2. The molecule has 0 radical (unpaired) electrons. The summed E-state index contributed by atoms with van der Waals surface area (Å²) in [6, 6.07) is 0.187. The number of nitrogens with two attached hydrogens (primary N) is 1. The van der Waals surface area contributed by atoms with E-state index in [0.29, 0.717) is 13.0 Å². The third-order valence-corrected chi connectivity index (χ3v) is 4.25. The Kier molecular flexibility index (Phi) is 7.70. The summed E-state index contributed by atoms with van der Waals surface area (Å²) in [6.07, 6.45) is 6.24. The third kappa shape index (κ3) is 5.16. The largest absolute Gasteiger partial charge is 0.343 e.